The van der Waals surface area contributed by atoms with E-state index >= 15 is 0 Å². The number of hydrogen-bond acceptors (Lipinski definition) is 13. The lowest BCUT2D eigenvalue weighted by molar-refractivity contribution is -0.447. The largest absolute Gasteiger partial charge is 0.459 e. The number of thioether (sulfide) groups is 2. The van der Waals surface area contributed by atoms with Gasteiger partial charge in [0.05, 0.1) is 32.0 Å². The highest BCUT2D eigenvalue weighted by molar-refractivity contribution is 8.08. The first-order valence-corrected chi connectivity index (χ1v) is 24.3. The molecule has 10 nitrogen and oxygen atoms in total. The van der Waals surface area contributed by atoms with Crippen molar-refractivity contribution in [2.75, 3.05) is 23.7 Å². The monoisotopic (exact) mass is 826 g/mol. The molecule has 8 fully saturated rings. The van der Waals surface area contributed by atoms with Crippen LogP contribution in [-0.2, 0) is 43.4 Å². The van der Waals surface area contributed by atoms with Gasteiger partial charge in [-0.2, -0.15) is 8.42 Å². The van der Waals surface area contributed by atoms with Crippen LogP contribution >= 0.6 is 35.6 Å². The molecule has 9 rings (SSSR count). The Balaban J connectivity index is 0.949. The summed E-state index contributed by atoms with van der Waals surface area (Å²) in [6, 6.07) is 5.24. The van der Waals surface area contributed by atoms with Gasteiger partial charge in [0.2, 0.25) is 0 Å². The van der Waals surface area contributed by atoms with Gasteiger partial charge in [-0.15, -0.1) is 27.9 Å². The van der Waals surface area contributed by atoms with Crippen molar-refractivity contribution in [3.8, 4) is 5.75 Å². The van der Waals surface area contributed by atoms with E-state index in [1.165, 1.54) is 69.2 Å². The molecule has 0 saturated heterocycles. The summed E-state index contributed by atoms with van der Waals surface area (Å²) in [7, 11) is -2.82. The van der Waals surface area contributed by atoms with E-state index in [1.54, 1.807) is 12.1 Å². The van der Waals surface area contributed by atoms with Crippen molar-refractivity contribution < 1.29 is 45.9 Å². The molecule has 0 spiro atoms. The summed E-state index contributed by atoms with van der Waals surface area (Å²) in [5.74, 6) is 5.23. The Morgan fingerprint density at radius 3 is 1.44 bits per heavy atom. The number of ether oxygens (including phenoxy) is 2. The van der Waals surface area contributed by atoms with Crippen LogP contribution in [0.15, 0.2) is 28.0 Å². The third kappa shape index (κ3) is 9.25. The highest BCUT2D eigenvalue weighted by atomic mass is 32.3. The Labute approximate surface area is 334 Å². The van der Waals surface area contributed by atoms with Crippen LogP contribution in [0.1, 0.15) is 118 Å². The second kappa shape index (κ2) is 16.2. The van der Waals surface area contributed by atoms with Crippen LogP contribution in [0.2, 0.25) is 0 Å². The Hall–Kier alpha value is -1.16. The van der Waals surface area contributed by atoms with E-state index < -0.39 is 26.4 Å². The summed E-state index contributed by atoms with van der Waals surface area (Å²) in [6.45, 7) is 8.45. The number of carbonyl (C=O) groups is 2. The topological polar surface area (TPSA) is 124 Å². The molecule has 1 aromatic rings. The molecule has 8 saturated carbocycles. The van der Waals surface area contributed by atoms with Crippen LogP contribution < -0.4 is 4.18 Å². The second-order valence-electron chi connectivity index (χ2n) is 18.4. The standard InChI is InChI=1S/C40H58O10S4/c1-37(2,39-19-26-10-27(20-39)12-28(11-26)21-39)46-35(41)6-8-51-33-16-32(48-54(43,44)25-53-50-49-45-5)17-34(18-33)52-9-7-36(42)47-38(3,4)40-22-29-13-30(23-40)15-31(14-29)24-40/h16-18,26-31H,6-15,19-25H2,1-5H3. The third-order valence-corrected chi connectivity index (χ3v) is 18.0. The highest BCUT2D eigenvalue weighted by Gasteiger charge is 2.60. The van der Waals surface area contributed by atoms with E-state index in [2.05, 4.69) is 42.0 Å². The molecule has 0 unspecified atom stereocenters. The summed E-state index contributed by atoms with van der Waals surface area (Å²) in [5.41, 5.74) is -0.885. The van der Waals surface area contributed by atoms with Crippen molar-refractivity contribution in [2.45, 2.75) is 139 Å². The van der Waals surface area contributed by atoms with Crippen LogP contribution in [0.5, 0.6) is 5.75 Å². The fraction of sp³-hybridized carbons (Fsp3) is 0.800. The van der Waals surface area contributed by atoms with Crippen LogP contribution in [0.25, 0.3) is 0 Å². The summed E-state index contributed by atoms with van der Waals surface area (Å²) < 4.78 is 48.1. The van der Waals surface area contributed by atoms with Gasteiger partial charge in [0, 0.05) is 32.1 Å². The third-order valence-electron chi connectivity index (χ3n) is 13.9. The molecule has 0 heterocycles. The quantitative estimate of drug-likeness (QED) is 0.0250. The van der Waals surface area contributed by atoms with Gasteiger partial charge >= 0.3 is 22.1 Å². The Morgan fingerprint density at radius 1 is 0.685 bits per heavy atom. The Morgan fingerprint density at radius 2 is 1.07 bits per heavy atom. The number of hydrogen-bond donors (Lipinski definition) is 0. The average molecular weight is 827 g/mol. The first-order valence-electron chi connectivity index (χ1n) is 19.8. The van der Waals surface area contributed by atoms with Gasteiger partial charge < -0.3 is 13.7 Å². The van der Waals surface area contributed by atoms with E-state index in [-0.39, 0.29) is 41.4 Å². The Bertz CT molecular complexity index is 1480. The minimum Gasteiger partial charge on any atom is -0.459 e. The van der Waals surface area contributed by atoms with Crippen molar-refractivity contribution in [3.05, 3.63) is 18.2 Å². The van der Waals surface area contributed by atoms with E-state index in [1.807, 2.05) is 6.07 Å². The van der Waals surface area contributed by atoms with Crippen molar-refractivity contribution in [1.82, 2.24) is 0 Å². The van der Waals surface area contributed by atoms with E-state index in [0.29, 0.717) is 23.5 Å². The van der Waals surface area contributed by atoms with Crippen molar-refractivity contribution >= 4 is 57.6 Å². The van der Waals surface area contributed by atoms with Gasteiger partial charge in [0.25, 0.3) is 0 Å². The maximum Gasteiger partial charge on any atom is 0.321 e. The van der Waals surface area contributed by atoms with Gasteiger partial charge in [-0.3, -0.25) is 9.59 Å². The Kier molecular flexibility index (Phi) is 12.3. The second-order valence-corrected chi connectivity index (χ2v) is 23.3. The molecule has 0 aromatic heterocycles. The zero-order valence-electron chi connectivity index (χ0n) is 32.4. The fourth-order valence-corrected chi connectivity index (χ4v) is 15.4. The maximum atomic E-state index is 13.3. The minimum absolute atomic E-state index is 0.0733. The first kappa shape index (κ1) is 41.0. The van der Waals surface area contributed by atoms with E-state index in [9.17, 15) is 18.0 Å². The zero-order valence-corrected chi connectivity index (χ0v) is 35.7. The van der Waals surface area contributed by atoms with Crippen molar-refractivity contribution in [3.63, 3.8) is 0 Å². The van der Waals surface area contributed by atoms with E-state index in [0.717, 1.165) is 83.8 Å². The minimum atomic E-state index is -4.06. The van der Waals surface area contributed by atoms with Gasteiger partial charge in [0.15, 0.2) is 5.08 Å². The molecule has 14 heteroatoms. The molecule has 8 aliphatic carbocycles. The number of rotatable bonds is 19. The predicted molar refractivity (Wildman–Crippen MR) is 210 cm³/mol. The molecular weight excluding hydrogens is 769 g/mol. The van der Waals surface area contributed by atoms with Gasteiger partial charge in [-0.25, -0.2) is 4.89 Å². The molecule has 1 aromatic carbocycles. The van der Waals surface area contributed by atoms with Gasteiger partial charge in [-0.1, -0.05) is 5.04 Å². The van der Waals surface area contributed by atoms with Gasteiger partial charge in [-0.05, 0) is 158 Å². The van der Waals surface area contributed by atoms with Crippen molar-refractivity contribution in [1.29, 1.82) is 0 Å². The highest BCUT2D eigenvalue weighted by Crippen LogP contribution is 2.65. The SMILES string of the molecule is COOOSCS(=O)(=O)Oc1cc(SCCC(=O)OC(C)(C)C23CC4CC(CC(C4)C2)C3)cc(SCCC(=O)OC(C)(C)C23CC4CC(CC(C4)C2)C3)c1. The number of esters is 2. The molecule has 0 amide bonds. The lowest BCUT2D eigenvalue weighted by Gasteiger charge is -2.61. The summed E-state index contributed by atoms with van der Waals surface area (Å²) in [5, 5.41) is 3.75. The van der Waals surface area contributed by atoms with Crippen LogP contribution in [0.3, 0.4) is 0 Å². The lowest BCUT2D eigenvalue weighted by atomic mass is 9.46. The molecule has 8 aliphatic rings. The van der Waals surface area contributed by atoms with E-state index in [4.69, 9.17) is 13.7 Å². The van der Waals surface area contributed by atoms with Crippen LogP contribution in [0, 0.1) is 46.3 Å². The normalized spacial score (nSPS) is 32.5. The maximum absolute atomic E-state index is 13.3. The predicted octanol–water partition coefficient (Wildman–Crippen LogP) is 9.55. The smallest absolute Gasteiger partial charge is 0.321 e. The molecule has 0 atom stereocenters. The summed E-state index contributed by atoms with van der Waals surface area (Å²) in [6.07, 6.45) is 15.4. The molecule has 302 valence electrons. The molecule has 0 radical (unpaired) electrons. The molecule has 0 N–H and O–H groups in total. The molecule has 54 heavy (non-hydrogen) atoms. The molecular formula is C40H58O10S4. The average Bonchev–Trinajstić information content (AvgIpc) is 3.05. The van der Waals surface area contributed by atoms with Gasteiger partial charge in [0.1, 0.15) is 17.0 Å². The first-order chi connectivity index (χ1) is 25.6. The fourth-order valence-electron chi connectivity index (χ4n) is 12.1. The summed E-state index contributed by atoms with van der Waals surface area (Å²) in [4.78, 5) is 32.4. The number of carbonyl (C=O) groups excluding carboxylic acids is 2. The van der Waals surface area contributed by atoms with Crippen LogP contribution in [-0.4, -0.2) is 55.3 Å². The molecule has 8 bridgehead atoms. The summed E-state index contributed by atoms with van der Waals surface area (Å²) >= 11 is 3.40. The van der Waals surface area contributed by atoms with Crippen LogP contribution in [0.4, 0.5) is 0 Å². The molecule has 0 aliphatic heterocycles. The zero-order chi connectivity index (χ0) is 38.4. The van der Waals surface area contributed by atoms with Crippen molar-refractivity contribution in [2.24, 2.45) is 46.3 Å². The lowest BCUT2D eigenvalue weighted by Crippen LogP contribution is -2.57. The number of benzene rings is 1.